The first-order chi connectivity index (χ1) is 17.5. The van der Waals surface area contributed by atoms with E-state index in [1.807, 2.05) is 62.4 Å². The Balaban J connectivity index is 1.80. The van der Waals surface area contributed by atoms with Crippen LogP contribution in [-0.2, 0) is 0 Å². The van der Waals surface area contributed by atoms with Crippen molar-refractivity contribution in [2.75, 3.05) is 26.1 Å². The lowest BCUT2D eigenvalue weighted by Gasteiger charge is -2.31. The molecule has 0 saturated carbocycles. The van der Waals surface area contributed by atoms with Crippen molar-refractivity contribution in [2.24, 2.45) is 0 Å². The monoisotopic (exact) mass is 486 g/mol. The van der Waals surface area contributed by atoms with E-state index in [2.05, 4.69) is 5.32 Å². The molecule has 4 aromatic rings. The van der Waals surface area contributed by atoms with Crippen LogP contribution in [0.15, 0.2) is 77.6 Å². The zero-order valence-electron chi connectivity index (χ0n) is 20.9. The molecule has 2 amide bonds. The largest absolute Gasteiger partial charge is 0.497 e. The third kappa shape index (κ3) is 4.75. The lowest BCUT2D eigenvalue weighted by molar-refractivity contribution is 0.185. The first-order valence-electron chi connectivity index (χ1n) is 11.9. The summed E-state index contributed by atoms with van der Waals surface area (Å²) >= 11 is 0. The number of hydrogen-bond donors (Lipinski definition) is 1. The Morgan fingerprint density at radius 2 is 1.72 bits per heavy atom. The maximum absolute atomic E-state index is 13.7. The van der Waals surface area contributed by atoms with E-state index in [0.29, 0.717) is 52.6 Å². The minimum absolute atomic E-state index is 0.173. The number of benzene rings is 3. The lowest BCUT2D eigenvalue weighted by atomic mass is 10.1. The molecule has 1 N–H and O–H groups in total. The first-order valence-corrected chi connectivity index (χ1v) is 11.9. The van der Waals surface area contributed by atoms with Crippen molar-refractivity contribution < 1.29 is 14.3 Å². The number of nitrogens with zero attached hydrogens (tertiary/aromatic N) is 3. The van der Waals surface area contributed by atoms with Gasteiger partial charge in [-0.15, -0.1) is 0 Å². The van der Waals surface area contributed by atoms with E-state index < -0.39 is 6.04 Å². The summed E-state index contributed by atoms with van der Waals surface area (Å²) in [5.41, 5.74) is 1.64. The number of rotatable bonds is 8. The van der Waals surface area contributed by atoms with Crippen molar-refractivity contribution >= 4 is 22.6 Å². The first kappa shape index (κ1) is 24.8. The van der Waals surface area contributed by atoms with E-state index in [9.17, 15) is 9.59 Å². The van der Waals surface area contributed by atoms with Gasteiger partial charge >= 0.3 is 6.03 Å². The van der Waals surface area contributed by atoms with E-state index in [1.165, 1.54) is 7.11 Å². The number of aromatic nitrogens is 2. The van der Waals surface area contributed by atoms with Gasteiger partial charge in [0.05, 0.1) is 42.5 Å². The van der Waals surface area contributed by atoms with Gasteiger partial charge < -0.3 is 19.7 Å². The maximum Gasteiger partial charge on any atom is 0.322 e. The number of carbonyl (C=O) groups excluding carboxylic acids is 1. The van der Waals surface area contributed by atoms with E-state index in [4.69, 9.17) is 14.5 Å². The summed E-state index contributed by atoms with van der Waals surface area (Å²) in [5.74, 6) is 1.61. The fraction of sp³-hybridized carbons (Fsp3) is 0.250. The SMILES string of the molecule is CCC(c1nc2ccccc2c(=O)n1-c1ccccc1)N(CC)C(=O)Nc1ccc(OC)cc1OC. The Hall–Kier alpha value is -4.33. The number of urea groups is 1. The summed E-state index contributed by atoms with van der Waals surface area (Å²) < 4.78 is 12.3. The van der Waals surface area contributed by atoms with Gasteiger partial charge in [0.25, 0.3) is 5.56 Å². The number of hydrogen-bond acceptors (Lipinski definition) is 5. The van der Waals surface area contributed by atoms with Gasteiger partial charge in [0, 0.05) is 12.6 Å². The van der Waals surface area contributed by atoms with Crippen LogP contribution in [0.4, 0.5) is 10.5 Å². The van der Waals surface area contributed by atoms with Crippen LogP contribution in [0, 0.1) is 0 Å². The molecule has 4 rings (SSSR count). The van der Waals surface area contributed by atoms with Crippen molar-refractivity contribution in [1.82, 2.24) is 14.5 Å². The molecule has 36 heavy (non-hydrogen) atoms. The molecule has 8 heteroatoms. The lowest BCUT2D eigenvalue weighted by Crippen LogP contribution is -2.40. The maximum atomic E-state index is 13.7. The molecule has 0 fully saturated rings. The number of methoxy groups -OCH3 is 2. The second kappa shape index (κ2) is 10.9. The smallest absolute Gasteiger partial charge is 0.322 e. The van der Waals surface area contributed by atoms with Gasteiger partial charge in [-0.2, -0.15) is 0 Å². The number of ether oxygens (including phenoxy) is 2. The highest BCUT2D eigenvalue weighted by Crippen LogP contribution is 2.31. The highest BCUT2D eigenvalue weighted by atomic mass is 16.5. The summed E-state index contributed by atoms with van der Waals surface area (Å²) in [5, 5.41) is 3.47. The molecule has 1 unspecified atom stereocenters. The Morgan fingerprint density at radius 1 is 1.00 bits per heavy atom. The van der Waals surface area contributed by atoms with Gasteiger partial charge in [-0.25, -0.2) is 9.78 Å². The summed E-state index contributed by atoms with van der Waals surface area (Å²) in [6.07, 6.45) is 0.554. The van der Waals surface area contributed by atoms with Crippen LogP contribution in [0.5, 0.6) is 11.5 Å². The van der Waals surface area contributed by atoms with Gasteiger partial charge in [0.1, 0.15) is 17.3 Å². The normalized spacial score (nSPS) is 11.7. The van der Waals surface area contributed by atoms with E-state index in [1.54, 1.807) is 40.8 Å². The van der Waals surface area contributed by atoms with Crippen LogP contribution in [0.25, 0.3) is 16.6 Å². The molecule has 186 valence electrons. The van der Waals surface area contributed by atoms with Crippen molar-refractivity contribution in [3.05, 3.63) is 89.0 Å². The Bertz CT molecular complexity index is 1420. The zero-order valence-corrected chi connectivity index (χ0v) is 20.9. The predicted octanol–water partition coefficient (Wildman–Crippen LogP) is 5.41. The fourth-order valence-corrected chi connectivity index (χ4v) is 4.34. The molecule has 0 aliphatic heterocycles. The van der Waals surface area contributed by atoms with Gasteiger partial charge in [-0.3, -0.25) is 9.36 Å². The van der Waals surface area contributed by atoms with Crippen LogP contribution in [0.1, 0.15) is 32.1 Å². The van der Waals surface area contributed by atoms with Crippen LogP contribution in [-0.4, -0.2) is 41.2 Å². The van der Waals surface area contributed by atoms with Gasteiger partial charge in [-0.1, -0.05) is 37.3 Å². The number of carbonyl (C=O) groups is 1. The van der Waals surface area contributed by atoms with E-state index >= 15 is 0 Å². The second-order valence-electron chi connectivity index (χ2n) is 8.17. The third-order valence-electron chi connectivity index (χ3n) is 6.13. The Kier molecular flexibility index (Phi) is 7.53. The topological polar surface area (TPSA) is 85.7 Å². The van der Waals surface area contributed by atoms with Crippen molar-refractivity contribution in [3.8, 4) is 17.2 Å². The number of nitrogens with one attached hydrogen (secondary N) is 1. The van der Waals surface area contributed by atoms with Crippen molar-refractivity contribution in [1.29, 1.82) is 0 Å². The quantitative estimate of drug-likeness (QED) is 0.360. The molecule has 1 aromatic heterocycles. The molecule has 8 nitrogen and oxygen atoms in total. The zero-order chi connectivity index (χ0) is 25.7. The number of amides is 2. The summed E-state index contributed by atoms with van der Waals surface area (Å²) in [6.45, 7) is 4.28. The van der Waals surface area contributed by atoms with E-state index in [0.717, 1.165) is 0 Å². The Morgan fingerprint density at radius 3 is 2.39 bits per heavy atom. The van der Waals surface area contributed by atoms with Crippen LogP contribution in [0.2, 0.25) is 0 Å². The highest BCUT2D eigenvalue weighted by Gasteiger charge is 2.28. The summed E-state index contributed by atoms with van der Waals surface area (Å²) in [7, 11) is 3.11. The van der Waals surface area contributed by atoms with Crippen LogP contribution in [0.3, 0.4) is 0 Å². The number of fused-ring (bicyclic) bond motifs is 1. The van der Waals surface area contributed by atoms with Crippen molar-refractivity contribution in [3.63, 3.8) is 0 Å². The third-order valence-corrected chi connectivity index (χ3v) is 6.13. The minimum atomic E-state index is -0.461. The molecule has 1 heterocycles. The molecule has 0 saturated heterocycles. The highest BCUT2D eigenvalue weighted by molar-refractivity contribution is 5.91. The van der Waals surface area contributed by atoms with Gasteiger partial charge in [-0.05, 0) is 49.7 Å². The summed E-state index contributed by atoms with van der Waals surface area (Å²) in [4.78, 5) is 33.8. The Labute approximate surface area is 210 Å². The van der Waals surface area contributed by atoms with Crippen LogP contribution >= 0.6 is 0 Å². The average molecular weight is 487 g/mol. The predicted molar refractivity (Wildman–Crippen MR) is 141 cm³/mol. The molecule has 0 radical (unpaired) electrons. The van der Waals surface area contributed by atoms with Crippen molar-refractivity contribution in [2.45, 2.75) is 26.3 Å². The summed E-state index contributed by atoms with van der Waals surface area (Å²) in [6, 6.07) is 21.1. The van der Waals surface area contributed by atoms with Gasteiger partial charge in [0.15, 0.2) is 0 Å². The average Bonchev–Trinajstić information content (AvgIpc) is 2.92. The molecule has 0 spiro atoms. The molecule has 0 aliphatic rings. The fourth-order valence-electron chi connectivity index (χ4n) is 4.34. The second-order valence-corrected chi connectivity index (χ2v) is 8.17. The molecule has 0 bridgehead atoms. The molecular weight excluding hydrogens is 456 g/mol. The molecule has 1 atom stereocenters. The standard InChI is InChI=1S/C28H30N4O4/c1-5-24(31(6-2)28(34)30-23-17-16-20(35-3)18-25(23)36-4)26-29-22-15-11-10-14-21(22)27(33)32(26)19-12-8-7-9-13-19/h7-18,24H,5-6H2,1-4H3,(H,30,34). The molecule has 3 aromatic carbocycles. The van der Waals surface area contributed by atoms with Crippen LogP contribution < -0.4 is 20.3 Å². The number of para-hydroxylation sites is 2. The molecular formula is C28H30N4O4. The minimum Gasteiger partial charge on any atom is -0.497 e. The number of anilines is 1. The molecule has 0 aliphatic carbocycles. The van der Waals surface area contributed by atoms with E-state index in [-0.39, 0.29) is 11.6 Å². The van der Waals surface area contributed by atoms with Gasteiger partial charge in [0.2, 0.25) is 0 Å².